The van der Waals surface area contributed by atoms with E-state index >= 15 is 0 Å². The second-order valence-corrected chi connectivity index (χ2v) is 10.4. The molecule has 4 rings (SSSR count). The maximum Gasteiger partial charge on any atom is 0.284 e. The molecule has 2 saturated carbocycles. The van der Waals surface area contributed by atoms with Gasteiger partial charge in [-0.1, -0.05) is 11.8 Å². The highest BCUT2D eigenvalue weighted by Gasteiger charge is 2.46. The Morgan fingerprint density at radius 2 is 2.03 bits per heavy atom. The molecule has 0 radical (unpaired) electrons. The van der Waals surface area contributed by atoms with Crippen molar-refractivity contribution in [3.8, 4) is 11.8 Å². The molecule has 9 heteroatoms. The second kappa shape index (κ2) is 8.61. The number of nitrogens with two attached hydrogens (primary N) is 1. The van der Waals surface area contributed by atoms with Crippen LogP contribution in [0.1, 0.15) is 36.8 Å². The van der Waals surface area contributed by atoms with Crippen LogP contribution in [0.4, 0.5) is 5.69 Å². The molecule has 1 spiro atoms. The summed E-state index contributed by atoms with van der Waals surface area (Å²) in [6, 6.07) is 5.45. The molecule has 2 N–H and O–H groups in total. The summed E-state index contributed by atoms with van der Waals surface area (Å²) < 4.78 is 38.5. The van der Waals surface area contributed by atoms with Crippen LogP contribution in [-0.4, -0.2) is 52.8 Å². The van der Waals surface area contributed by atoms with E-state index in [1.807, 2.05) is 19.1 Å². The molecule has 0 aromatic heterocycles. The van der Waals surface area contributed by atoms with Crippen molar-refractivity contribution in [2.75, 3.05) is 31.1 Å². The van der Waals surface area contributed by atoms with E-state index in [4.69, 9.17) is 15.3 Å². The third-order valence-electron chi connectivity index (χ3n) is 5.85. The van der Waals surface area contributed by atoms with Crippen molar-refractivity contribution in [3.05, 3.63) is 29.3 Å². The molecule has 0 bridgehead atoms. The average Bonchev–Trinajstić information content (AvgIpc) is 3.68. The zero-order valence-corrected chi connectivity index (χ0v) is 18.7. The Hall–Kier alpha value is -2.41. The number of hydrazone groups is 1. The fourth-order valence-electron chi connectivity index (χ4n) is 3.35. The van der Waals surface area contributed by atoms with Gasteiger partial charge >= 0.3 is 0 Å². The quantitative estimate of drug-likeness (QED) is 0.246. The van der Waals surface area contributed by atoms with Gasteiger partial charge in [-0.05, 0) is 56.4 Å². The SMILES string of the molecule is Cc1cc(C#CC2CC2)ccc1N(C)S(=O)(=O)/C(C=NCC1OCC2(CC2)CO1)=N/N. The highest BCUT2D eigenvalue weighted by molar-refractivity contribution is 8.09. The average molecular weight is 445 g/mol. The highest BCUT2D eigenvalue weighted by atomic mass is 32.2. The van der Waals surface area contributed by atoms with Gasteiger partial charge in [0, 0.05) is 23.9 Å². The minimum absolute atomic E-state index is 0.182. The molecule has 1 aliphatic heterocycles. The maximum absolute atomic E-state index is 13.0. The summed E-state index contributed by atoms with van der Waals surface area (Å²) in [6.07, 6.45) is 5.26. The normalized spacial score (nSPS) is 21.2. The number of anilines is 1. The number of sulfonamides is 1. The van der Waals surface area contributed by atoms with Crippen molar-refractivity contribution in [1.29, 1.82) is 0 Å². The van der Waals surface area contributed by atoms with Crippen LogP contribution < -0.4 is 10.1 Å². The third-order valence-corrected chi connectivity index (χ3v) is 7.51. The van der Waals surface area contributed by atoms with Crippen molar-refractivity contribution in [3.63, 3.8) is 0 Å². The highest BCUT2D eigenvalue weighted by Crippen LogP contribution is 2.48. The predicted octanol–water partition coefficient (Wildman–Crippen LogP) is 2.02. The van der Waals surface area contributed by atoms with Crippen LogP contribution >= 0.6 is 0 Å². The van der Waals surface area contributed by atoms with Crippen molar-refractivity contribution < 1.29 is 17.9 Å². The molecule has 1 saturated heterocycles. The Morgan fingerprint density at radius 3 is 2.61 bits per heavy atom. The zero-order chi connectivity index (χ0) is 22.1. The molecular formula is C22H28N4O4S. The van der Waals surface area contributed by atoms with E-state index in [-0.39, 0.29) is 17.0 Å². The van der Waals surface area contributed by atoms with Gasteiger partial charge in [0.25, 0.3) is 10.0 Å². The van der Waals surface area contributed by atoms with Gasteiger partial charge < -0.3 is 15.3 Å². The van der Waals surface area contributed by atoms with Crippen LogP contribution in [0.2, 0.25) is 0 Å². The van der Waals surface area contributed by atoms with E-state index in [1.165, 1.54) is 7.05 Å². The second-order valence-electron chi connectivity index (χ2n) is 8.53. The molecule has 0 atom stereocenters. The number of nitrogens with zero attached hydrogens (tertiary/aromatic N) is 3. The van der Waals surface area contributed by atoms with Crippen molar-refractivity contribution in [1.82, 2.24) is 0 Å². The lowest BCUT2D eigenvalue weighted by molar-refractivity contribution is -0.201. The summed E-state index contributed by atoms with van der Waals surface area (Å²) in [4.78, 5) is 4.15. The number of hydrogen-bond acceptors (Lipinski definition) is 7. The van der Waals surface area contributed by atoms with Gasteiger partial charge in [-0.3, -0.25) is 9.30 Å². The van der Waals surface area contributed by atoms with E-state index in [9.17, 15) is 8.42 Å². The summed E-state index contributed by atoms with van der Waals surface area (Å²) in [7, 11) is -2.51. The summed E-state index contributed by atoms with van der Waals surface area (Å²) in [5.41, 5.74) is 2.39. The first-order valence-corrected chi connectivity index (χ1v) is 11.9. The van der Waals surface area contributed by atoms with Crippen LogP contribution in [-0.2, 0) is 19.5 Å². The van der Waals surface area contributed by atoms with Gasteiger partial charge in [-0.15, -0.1) is 0 Å². The first kappa shape index (κ1) is 21.8. The lowest BCUT2D eigenvalue weighted by Gasteiger charge is -2.28. The van der Waals surface area contributed by atoms with Crippen LogP contribution in [0.5, 0.6) is 0 Å². The Kier molecular flexibility index (Phi) is 6.06. The molecular weight excluding hydrogens is 416 g/mol. The van der Waals surface area contributed by atoms with E-state index in [0.29, 0.717) is 24.8 Å². The molecule has 2 aliphatic carbocycles. The van der Waals surface area contributed by atoms with Crippen molar-refractivity contribution in [2.24, 2.45) is 27.3 Å². The molecule has 31 heavy (non-hydrogen) atoms. The molecule has 0 unspecified atom stereocenters. The van der Waals surface area contributed by atoms with E-state index in [0.717, 1.165) is 47.3 Å². The first-order chi connectivity index (χ1) is 14.8. The Labute approximate surface area is 183 Å². The molecule has 1 heterocycles. The van der Waals surface area contributed by atoms with Gasteiger partial charge in [0.2, 0.25) is 5.04 Å². The molecule has 8 nitrogen and oxygen atoms in total. The topological polar surface area (TPSA) is 107 Å². The fourth-order valence-corrected chi connectivity index (χ4v) is 4.44. The van der Waals surface area contributed by atoms with Gasteiger partial charge in [0.15, 0.2) is 6.29 Å². The van der Waals surface area contributed by atoms with Gasteiger partial charge in [0.1, 0.15) is 0 Å². The van der Waals surface area contributed by atoms with E-state index in [1.54, 1.807) is 6.07 Å². The largest absolute Gasteiger partial charge is 0.350 e. The molecule has 3 aliphatic rings. The number of hydrogen-bond donors (Lipinski definition) is 1. The fraction of sp³-hybridized carbons (Fsp3) is 0.545. The standard InChI is InChI=1S/C22H28N4O4S/c1-16-11-18(6-5-17-3-4-17)7-8-19(16)26(2)31(27,28)20(25-23)12-24-13-21-29-14-22(9-10-22)15-30-21/h7-8,11-12,17,21H,3-4,9-10,13-15,23H2,1-2H3/b24-12?,25-20+. The van der Waals surface area contributed by atoms with Crippen LogP contribution in [0.3, 0.4) is 0 Å². The van der Waals surface area contributed by atoms with E-state index in [2.05, 4.69) is 21.9 Å². The summed E-state index contributed by atoms with van der Waals surface area (Å²) in [5, 5.41) is 3.13. The Bertz CT molecular complexity index is 1050. The number of benzene rings is 1. The van der Waals surface area contributed by atoms with Crippen molar-refractivity contribution in [2.45, 2.75) is 38.9 Å². The molecule has 0 amide bonds. The molecule has 3 fully saturated rings. The Balaban J connectivity index is 1.41. The van der Waals surface area contributed by atoms with Crippen LogP contribution in [0, 0.1) is 30.1 Å². The lowest BCUT2D eigenvalue weighted by atomic mass is 10.1. The smallest absolute Gasteiger partial charge is 0.284 e. The Morgan fingerprint density at radius 1 is 1.32 bits per heavy atom. The predicted molar refractivity (Wildman–Crippen MR) is 120 cm³/mol. The molecule has 1 aromatic rings. The van der Waals surface area contributed by atoms with Gasteiger partial charge in [-0.25, -0.2) is 0 Å². The third kappa shape index (κ3) is 5.09. The summed E-state index contributed by atoms with van der Waals surface area (Å²) in [6.45, 7) is 3.35. The molecule has 1 aromatic carbocycles. The monoisotopic (exact) mass is 444 g/mol. The summed E-state index contributed by atoms with van der Waals surface area (Å²) in [5.74, 6) is 12.2. The number of aliphatic imine (C=N–C) groups is 1. The zero-order valence-electron chi connectivity index (χ0n) is 17.9. The number of ether oxygens (including phenoxy) is 2. The minimum atomic E-state index is -3.98. The van der Waals surface area contributed by atoms with Gasteiger partial charge in [-0.2, -0.15) is 13.5 Å². The lowest BCUT2D eigenvalue weighted by Crippen LogP contribution is -2.36. The first-order valence-electron chi connectivity index (χ1n) is 10.5. The minimum Gasteiger partial charge on any atom is -0.350 e. The van der Waals surface area contributed by atoms with Crippen LogP contribution in [0.25, 0.3) is 0 Å². The number of rotatable bonds is 5. The number of aryl methyl sites for hydroxylation is 1. The van der Waals surface area contributed by atoms with E-state index < -0.39 is 16.3 Å². The van der Waals surface area contributed by atoms with Crippen LogP contribution in [0.15, 0.2) is 28.3 Å². The summed E-state index contributed by atoms with van der Waals surface area (Å²) >= 11 is 0. The van der Waals surface area contributed by atoms with Gasteiger partial charge in [0.05, 0.1) is 31.7 Å². The maximum atomic E-state index is 13.0. The van der Waals surface area contributed by atoms with Crippen molar-refractivity contribution >= 4 is 27.0 Å². The molecule has 166 valence electrons.